The second-order valence-electron chi connectivity index (χ2n) is 5.19. The van der Waals surface area contributed by atoms with Crippen molar-refractivity contribution in [2.24, 2.45) is 5.92 Å². The zero-order chi connectivity index (χ0) is 16.2. The van der Waals surface area contributed by atoms with E-state index in [1.165, 1.54) is 12.1 Å². The first kappa shape index (κ1) is 17.6. The molecule has 1 aromatic rings. The molecule has 0 heterocycles. The summed E-state index contributed by atoms with van der Waals surface area (Å²) in [4.78, 5) is 11.9. The monoisotopic (exact) mass is 314 g/mol. The zero-order valence-corrected chi connectivity index (χ0v) is 13.5. The number of sulfonamides is 1. The normalized spacial score (nSPS) is 13.5. The highest BCUT2D eigenvalue weighted by atomic mass is 32.2. The Hall–Kier alpha value is -1.44. The number of likely N-dealkylation sites (N-methyl/N-ethyl adjacent to an activating group) is 1. The van der Waals surface area contributed by atoms with Crippen molar-refractivity contribution >= 4 is 15.9 Å². The largest absolute Gasteiger partial charge is 0.289 e. The number of carbonyl (C=O) groups excluding carboxylic acids is 1. The molecule has 1 rings (SSSR count). The number of rotatable bonds is 6. The summed E-state index contributed by atoms with van der Waals surface area (Å²) in [5, 5.41) is 8.85. The number of aryl methyl sites for hydroxylation is 1. The lowest BCUT2D eigenvalue weighted by Gasteiger charge is -2.30. The molecule has 1 atom stereocenters. The molecule has 0 spiro atoms. The van der Waals surface area contributed by atoms with Crippen LogP contribution < -0.4 is 5.48 Å². The minimum atomic E-state index is -3.81. The molecule has 0 unspecified atom stereocenters. The Balaban J connectivity index is 3.29. The van der Waals surface area contributed by atoms with Gasteiger partial charge >= 0.3 is 0 Å². The minimum absolute atomic E-state index is 0.131. The molecule has 0 aromatic heterocycles. The summed E-state index contributed by atoms with van der Waals surface area (Å²) in [5.74, 6) is -1.01. The van der Waals surface area contributed by atoms with Crippen LogP contribution in [0.15, 0.2) is 29.2 Å². The van der Waals surface area contributed by atoms with Crippen molar-refractivity contribution in [2.45, 2.75) is 38.6 Å². The molecular weight excluding hydrogens is 292 g/mol. The summed E-state index contributed by atoms with van der Waals surface area (Å²) in [6, 6.07) is 5.48. The van der Waals surface area contributed by atoms with E-state index < -0.39 is 22.0 Å². The molecule has 118 valence electrons. The van der Waals surface area contributed by atoms with Gasteiger partial charge in [0, 0.05) is 6.54 Å². The molecule has 0 saturated heterocycles. The number of hydroxylamine groups is 1. The Morgan fingerprint density at radius 1 is 1.29 bits per heavy atom. The smallest absolute Gasteiger partial charge is 0.262 e. The van der Waals surface area contributed by atoms with Gasteiger partial charge in [0.1, 0.15) is 6.04 Å². The standard InChI is InChI=1S/C14H22N2O4S/c1-5-16(13(10(2)3)14(17)15-18)21(19,20)12-8-6-11(4)7-9-12/h6-10,13,18H,5H2,1-4H3,(H,15,17)/t13-/m0/s1. The fourth-order valence-corrected chi connectivity index (χ4v) is 3.92. The summed E-state index contributed by atoms with van der Waals surface area (Å²) >= 11 is 0. The second-order valence-corrected chi connectivity index (χ2v) is 7.08. The summed E-state index contributed by atoms with van der Waals surface area (Å²) in [6.07, 6.45) is 0. The van der Waals surface area contributed by atoms with Gasteiger partial charge < -0.3 is 0 Å². The van der Waals surface area contributed by atoms with Crippen LogP contribution in [0.4, 0.5) is 0 Å². The van der Waals surface area contributed by atoms with Gasteiger partial charge in [0.25, 0.3) is 5.91 Å². The molecule has 0 saturated carbocycles. The summed E-state index contributed by atoms with van der Waals surface area (Å²) < 4.78 is 26.5. The average molecular weight is 314 g/mol. The minimum Gasteiger partial charge on any atom is -0.289 e. The molecule has 6 nitrogen and oxygen atoms in total. The van der Waals surface area contributed by atoms with Crippen molar-refractivity contribution in [3.8, 4) is 0 Å². The van der Waals surface area contributed by atoms with Gasteiger partial charge in [0.15, 0.2) is 0 Å². The maximum absolute atomic E-state index is 12.7. The van der Waals surface area contributed by atoms with Crippen LogP contribution in [0.1, 0.15) is 26.3 Å². The van der Waals surface area contributed by atoms with Crippen molar-refractivity contribution < 1.29 is 18.4 Å². The fraction of sp³-hybridized carbons (Fsp3) is 0.500. The summed E-state index contributed by atoms with van der Waals surface area (Å²) in [6.45, 7) is 7.11. The summed E-state index contributed by atoms with van der Waals surface area (Å²) in [7, 11) is -3.81. The van der Waals surface area contributed by atoms with E-state index >= 15 is 0 Å². The topological polar surface area (TPSA) is 86.7 Å². The number of hydrogen-bond donors (Lipinski definition) is 2. The van der Waals surface area contributed by atoms with E-state index in [-0.39, 0.29) is 17.4 Å². The SMILES string of the molecule is CCN([C@H](C(=O)NO)C(C)C)S(=O)(=O)c1ccc(C)cc1. The number of benzene rings is 1. The Labute approximate surface area is 125 Å². The first-order valence-corrected chi connectivity index (χ1v) is 8.22. The maximum Gasteiger partial charge on any atom is 0.262 e. The average Bonchev–Trinajstić information content (AvgIpc) is 2.43. The van der Waals surface area contributed by atoms with Crippen molar-refractivity contribution in [3.05, 3.63) is 29.8 Å². The molecule has 0 radical (unpaired) electrons. The van der Waals surface area contributed by atoms with E-state index in [0.29, 0.717) is 0 Å². The van der Waals surface area contributed by atoms with Crippen molar-refractivity contribution in [1.82, 2.24) is 9.79 Å². The number of nitrogens with one attached hydrogen (secondary N) is 1. The highest BCUT2D eigenvalue weighted by Crippen LogP contribution is 2.22. The van der Waals surface area contributed by atoms with Crippen LogP contribution in [-0.4, -0.2) is 36.4 Å². The van der Waals surface area contributed by atoms with Gasteiger partial charge in [0.05, 0.1) is 4.90 Å². The fourth-order valence-electron chi connectivity index (χ4n) is 2.19. The van der Waals surface area contributed by atoms with Crippen LogP contribution in [0.2, 0.25) is 0 Å². The van der Waals surface area contributed by atoms with Gasteiger partial charge in [-0.1, -0.05) is 38.5 Å². The molecule has 7 heteroatoms. The molecule has 21 heavy (non-hydrogen) atoms. The van der Waals surface area contributed by atoms with E-state index in [1.54, 1.807) is 38.4 Å². The van der Waals surface area contributed by atoms with Gasteiger partial charge in [-0.25, -0.2) is 13.9 Å². The van der Waals surface area contributed by atoms with Crippen LogP contribution in [0.25, 0.3) is 0 Å². The van der Waals surface area contributed by atoms with Gasteiger partial charge in [-0.05, 0) is 25.0 Å². The van der Waals surface area contributed by atoms with Gasteiger partial charge in [-0.3, -0.25) is 10.0 Å². The molecule has 0 aliphatic rings. The van der Waals surface area contributed by atoms with E-state index in [2.05, 4.69) is 0 Å². The highest BCUT2D eigenvalue weighted by molar-refractivity contribution is 7.89. The number of nitrogens with zero attached hydrogens (tertiary/aromatic N) is 1. The number of carbonyl (C=O) groups is 1. The van der Waals surface area contributed by atoms with E-state index in [9.17, 15) is 13.2 Å². The third kappa shape index (κ3) is 3.81. The molecule has 0 fully saturated rings. The third-order valence-corrected chi connectivity index (χ3v) is 5.23. The van der Waals surface area contributed by atoms with Crippen molar-refractivity contribution in [2.75, 3.05) is 6.54 Å². The quantitative estimate of drug-likeness (QED) is 0.616. The molecule has 0 aliphatic carbocycles. The molecule has 1 aromatic carbocycles. The lowest BCUT2D eigenvalue weighted by molar-refractivity contribution is -0.134. The van der Waals surface area contributed by atoms with E-state index in [4.69, 9.17) is 5.21 Å². The lowest BCUT2D eigenvalue weighted by atomic mass is 10.0. The van der Waals surface area contributed by atoms with Gasteiger partial charge in [0.2, 0.25) is 10.0 Å². The Morgan fingerprint density at radius 2 is 1.81 bits per heavy atom. The van der Waals surface area contributed by atoms with E-state index in [1.807, 2.05) is 6.92 Å². The molecular formula is C14H22N2O4S. The van der Waals surface area contributed by atoms with Crippen LogP contribution in [0.3, 0.4) is 0 Å². The number of amides is 1. The van der Waals surface area contributed by atoms with Crippen molar-refractivity contribution in [3.63, 3.8) is 0 Å². The summed E-state index contributed by atoms with van der Waals surface area (Å²) in [5.41, 5.74) is 2.50. The first-order chi connectivity index (χ1) is 9.75. The Kier molecular flexibility index (Phi) is 5.88. The van der Waals surface area contributed by atoms with Crippen LogP contribution >= 0.6 is 0 Å². The Bertz CT molecular complexity index is 581. The second kappa shape index (κ2) is 7.02. The maximum atomic E-state index is 12.7. The lowest BCUT2D eigenvalue weighted by Crippen LogP contribution is -2.51. The number of hydrogen-bond acceptors (Lipinski definition) is 4. The van der Waals surface area contributed by atoms with Gasteiger partial charge in [-0.2, -0.15) is 4.31 Å². The third-order valence-electron chi connectivity index (χ3n) is 3.26. The zero-order valence-electron chi connectivity index (χ0n) is 12.7. The molecule has 0 bridgehead atoms. The molecule has 1 amide bonds. The first-order valence-electron chi connectivity index (χ1n) is 6.78. The van der Waals surface area contributed by atoms with Crippen molar-refractivity contribution in [1.29, 1.82) is 0 Å². The predicted molar refractivity (Wildman–Crippen MR) is 79.3 cm³/mol. The molecule has 0 aliphatic heterocycles. The van der Waals surface area contributed by atoms with Crippen LogP contribution in [0, 0.1) is 12.8 Å². The van der Waals surface area contributed by atoms with E-state index in [0.717, 1.165) is 9.87 Å². The predicted octanol–water partition coefficient (Wildman–Crippen LogP) is 1.54. The van der Waals surface area contributed by atoms with Crippen LogP contribution in [0.5, 0.6) is 0 Å². The van der Waals surface area contributed by atoms with Gasteiger partial charge in [-0.15, -0.1) is 0 Å². The van der Waals surface area contributed by atoms with Crippen LogP contribution in [-0.2, 0) is 14.8 Å². The highest BCUT2D eigenvalue weighted by Gasteiger charge is 2.36. The molecule has 2 N–H and O–H groups in total. The Morgan fingerprint density at radius 3 is 2.19 bits per heavy atom.